The summed E-state index contributed by atoms with van der Waals surface area (Å²) >= 11 is 0. The van der Waals surface area contributed by atoms with Crippen LogP contribution in [0.5, 0.6) is 0 Å². The van der Waals surface area contributed by atoms with Crippen molar-refractivity contribution in [2.75, 3.05) is 31.9 Å². The van der Waals surface area contributed by atoms with Gasteiger partial charge >= 0.3 is 6.03 Å². The fourth-order valence-corrected chi connectivity index (χ4v) is 9.13. The number of rotatable bonds is 15. The van der Waals surface area contributed by atoms with Crippen LogP contribution in [0, 0.1) is 23.2 Å². The summed E-state index contributed by atoms with van der Waals surface area (Å²) in [4.78, 5) is 70.1. The van der Waals surface area contributed by atoms with E-state index in [2.05, 4.69) is 27.8 Å². The van der Waals surface area contributed by atoms with Gasteiger partial charge in [0.2, 0.25) is 27.6 Å². The lowest BCUT2D eigenvalue weighted by atomic mass is 9.83. The van der Waals surface area contributed by atoms with Gasteiger partial charge in [-0.15, -0.1) is 6.58 Å². The molecule has 4 aliphatic rings. The molecule has 0 bridgehead atoms. The smallest absolute Gasteiger partial charge is 0.315 e. The van der Waals surface area contributed by atoms with Crippen LogP contribution in [0.25, 0.3) is 0 Å². The zero-order valence-corrected chi connectivity index (χ0v) is 32.0. The third-order valence-electron chi connectivity index (χ3n) is 10.7. The molecule has 51 heavy (non-hydrogen) atoms. The van der Waals surface area contributed by atoms with E-state index in [1.54, 1.807) is 4.90 Å². The van der Waals surface area contributed by atoms with E-state index in [0.717, 1.165) is 50.5 Å². The van der Waals surface area contributed by atoms with E-state index < -0.39 is 63.2 Å². The van der Waals surface area contributed by atoms with Gasteiger partial charge in [-0.2, -0.15) is 4.31 Å². The third kappa shape index (κ3) is 11.1. The Morgan fingerprint density at radius 2 is 1.59 bits per heavy atom. The van der Waals surface area contributed by atoms with Crippen LogP contribution in [0.1, 0.15) is 98.8 Å². The molecule has 5 atom stereocenters. The monoisotopic (exact) mass is 732 g/mol. The van der Waals surface area contributed by atoms with Crippen molar-refractivity contribution in [1.82, 2.24) is 30.5 Å². The summed E-state index contributed by atoms with van der Waals surface area (Å²) in [6.45, 7) is 14.2. The number of carbonyl (C=O) groups is 5. The summed E-state index contributed by atoms with van der Waals surface area (Å²) in [5.74, 6) is -2.50. The molecular weight excluding hydrogens is 673 g/mol. The fraction of sp³-hybridized carbons (Fsp3) is 0.757. The molecule has 2 saturated heterocycles. The molecule has 2 saturated carbocycles. The van der Waals surface area contributed by atoms with Crippen molar-refractivity contribution in [2.24, 2.45) is 23.2 Å². The van der Waals surface area contributed by atoms with Crippen molar-refractivity contribution in [1.29, 1.82) is 0 Å². The molecule has 2 unspecified atom stereocenters. The number of hydrogen-bond acceptors (Lipinski definition) is 7. The van der Waals surface area contributed by atoms with Crippen LogP contribution < -0.4 is 21.3 Å². The maximum Gasteiger partial charge on any atom is 0.315 e. The highest BCUT2D eigenvalue weighted by molar-refractivity contribution is 7.89. The minimum atomic E-state index is -3.39. The number of amides is 5. The Bertz CT molecular complexity index is 1440. The van der Waals surface area contributed by atoms with Crippen LogP contribution in [-0.4, -0.2) is 103 Å². The first kappa shape index (κ1) is 40.5. The van der Waals surface area contributed by atoms with Crippen molar-refractivity contribution < 1.29 is 32.4 Å². The zero-order chi connectivity index (χ0) is 37.5. The first-order valence-electron chi connectivity index (χ1n) is 18.8. The van der Waals surface area contributed by atoms with Crippen LogP contribution in [0.4, 0.5) is 4.79 Å². The number of sulfonamides is 1. The van der Waals surface area contributed by atoms with Gasteiger partial charge in [-0.3, -0.25) is 19.2 Å². The summed E-state index contributed by atoms with van der Waals surface area (Å²) in [7, 11) is -3.39. The minimum absolute atomic E-state index is 0.0879. The van der Waals surface area contributed by atoms with E-state index in [-0.39, 0.29) is 49.0 Å². The molecule has 4 fully saturated rings. The molecule has 2 aliphatic heterocycles. The molecule has 0 aromatic carbocycles. The highest BCUT2D eigenvalue weighted by Gasteiger charge is 2.46. The van der Waals surface area contributed by atoms with Crippen molar-refractivity contribution >= 4 is 39.6 Å². The van der Waals surface area contributed by atoms with Gasteiger partial charge in [-0.05, 0) is 63.2 Å². The molecule has 2 aliphatic carbocycles. The maximum atomic E-state index is 14.7. The van der Waals surface area contributed by atoms with E-state index in [0.29, 0.717) is 25.8 Å². The number of nitrogens with one attached hydrogen (secondary N) is 4. The Kier molecular flexibility index (Phi) is 13.9. The summed E-state index contributed by atoms with van der Waals surface area (Å²) < 4.78 is 26.7. The lowest BCUT2D eigenvalue weighted by Crippen LogP contribution is -2.61. The Morgan fingerprint density at radius 3 is 2.16 bits per heavy atom. The van der Waals surface area contributed by atoms with Gasteiger partial charge in [-0.25, -0.2) is 13.2 Å². The van der Waals surface area contributed by atoms with E-state index in [9.17, 15) is 32.4 Å². The van der Waals surface area contributed by atoms with Crippen molar-refractivity contribution in [2.45, 2.75) is 123 Å². The number of carbonyl (C=O) groups excluding carboxylic acids is 5. The first-order valence-corrected chi connectivity index (χ1v) is 20.4. The van der Waals surface area contributed by atoms with Gasteiger partial charge in [0.05, 0.1) is 11.8 Å². The molecule has 4 rings (SSSR count). The number of likely N-dealkylation sites (tertiary alicyclic amines) is 1. The largest absolute Gasteiger partial charge is 0.346 e. The number of allylic oxidation sites excluding steroid dienone is 1. The molecule has 5 amide bonds. The highest BCUT2D eigenvalue weighted by atomic mass is 32.2. The standard InChI is InChI=1S/C37H60N6O7S/c1-7-17-38-34(46)32(44)28(22-25-14-15-25)39-33(45)31-27(21-24(2)3)16-19-43(31)35(47)30(26-12-9-8-10-13-26)41-36(48)40-29(37(4,5)6)23-42-18-11-20-51(42,49)50/h7,21,25-31H,1,8-20,22-23H2,2-6H3,(H,38,46)(H,39,45)(H2,40,41,48)/t27?,28?,29-,30+,31+/m1/s1. The van der Waals surface area contributed by atoms with Gasteiger partial charge < -0.3 is 26.2 Å². The molecule has 0 aromatic rings. The molecule has 0 spiro atoms. The predicted octanol–water partition coefficient (Wildman–Crippen LogP) is 3.02. The average Bonchev–Trinajstić information content (AvgIpc) is 3.69. The molecular formula is C37H60N6O7S. The maximum absolute atomic E-state index is 14.7. The van der Waals surface area contributed by atoms with Crippen molar-refractivity contribution in [3.63, 3.8) is 0 Å². The van der Waals surface area contributed by atoms with E-state index in [1.807, 2.05) is 40.7 Å². The summed E-state index contributed by atoms with van der Waals surface area (Å²) in [6.07, 6.45) is 11.1. The van der Waals surface area contributed by atoms with Gasteiger partial charge in [0.15, 0.2) is 0 Å². The van der Waals surface area contributed by atoms with Crippen LogP contribution in [-0.2, 0) is 29.2 Å². The molecule has 2 heterocycles. The average molecular weight is 733 g/mol. The second-order valence-corrected chi connectivity index (χ2v) is 18.3. The molecule has 4 N–H and O–H groups in total. The van der Waals surface area contributed by atoms with Gasteiger partial charge in [0.25, 0.3) is 5.91 Å². The number of hydrogen-bond donors (Lipinski definition) is 4. The second kappa shape index (κ2) is 17.5. The van der Waals surface area contributed by atoms with Crippen LogP contribution >= 0.6 is 0 Å². The molecule has 14 heteroatoms. The Morgan fingerprint density at radius 1 is 0.902 bits per heavy atom. The van der Waals surface area contributed by atoms with Crippen molar-refractivity contribution in [3.8, 4) is 0 Å². The lowest BCUT2D eigenvalue weighted by molar-refractivity contribution is -0.144. The van der Waals surface area contributed by atoms with Gasteiger partial charge in [0, 0.05) is 38.1 Å². The quantitative estimate of drug-likeness (QED) is 0.148. The zero-order valence-electron chi connectivity index (χ0n) is 31.2. The van der Waals surface area contributed by atoms with E-state index in [4.69, 9.17) is 0 Å². The van der Waals surface area contributed by atoms with Crippen LogP contribution in [0.15, 0.2) is 24.3 Å². The first-order chi connectivity index (χ1) is 24.0. The SMILES string of the molecule is C=CCNC(=O)C(=O)C(CC1CC1)NC(=O)[C@@H]1C(C=C(C)C)CCN1C(=O)[C@@H](NC(=O)N[C@H](CN1CCCS1(=O)=O)C(C)(C)C)C1CCCCC1. The Hall–Kier alpha value is -3.26. The lowest BCUT2D eigenvalue weighted by Gasteiger charge is -2.37. The summed E-state index contributed by atoms with van der Waals surface area (Å²) in [5.41, 5.74) is 0.503. The number of urea groups is 1. The van der Waals surface area contributed by atoms with Gasteiger partial charge in [-0.1, -0.05) is 70.6 Å². The predicted molar refractivity (Wildman–Crippen MR) is 196 cm³/mol. The molecule has 0 aromatic heterocycles. The minimum Gasteiger partial charge on any atom is -0.346 e. The number of Topliss-reactive ketones (excluding diaryl/α,β-unsaturated/α-hetero) is 1. The molecule has 286 valence electrons. The fourth-order valence-electron chi connectivity index (χ4n) is 7.59. The Balaban J connectivity index is 1.57. The van der Waals surface area contributed by atoms with Crippen LogP contribution in [0.3, 0.4) is 0 Å². The number of nitrogens with zero attached hydrogens (tertiary/aromatic N) is 2. The normalized spacial score (nSPS) is 24.1. The topological polar surface area (TPSA) is 174 Å². The van der Waals surface area contributed by atoms with E-state index >= 15 is 0 Å². The third-order valence-corrected chi connectivity index (χ3v) is 12.6. The van der Waals surface area contributed by atoms with Gasteiger partial charge in [0.1, 0.15) is 12.1 Å². The van der Waals surface area contributed by atoms with E-state index in [1.165, 1.54) is 10.4 Å². The number of ketones is 1. The summed E-state index contributed by atoms with van der Waals surface area (Å²) in [5, 5.41) is 11.4. The molecule has 13 nitrogen and oxygen atoms in total. The van der Waals surface area contributed by atoms with Crippen molar-refractivity contribution in [3.05, 3.63) is 24.3 Å². The highest BCUT2D eigenvalue weighted by Crippen LogP contribution is 2.35. The summed E-state index contributed by atoms with van der Waals surface area (Å²) in [6, 6.07) is -3.94. The second-order valence-electron chi connectivity index (χ2n) is 16.2. The Labute approximate surface area is 304 Å². The molecule has 0 radical (unpaired) electrons. The van der Waals surface area contributed by atoms with Crippen LogP contribution in [0.2, 0.25) is 0 Å².